The Morgan fingerprint density at radius 2 is 1.86 bits per heavy atom. The van der Waals surface area contributed by atoms with Crippen LogP contribution in [0.2, 0.25) is 0 Å². The monoisotopic (exact) mass is 199 g/mol. The minimum absolute atomic E-state index is 0.345. The number of nitrogens with zero attached hydrogens (tertiary/aromatic N) is 1. The number of benzene rings is 1. The number of rotatable bonds is 2. The van der Waals surface area contributed by atoms with Gasteiger partial charge in [0.25, 0.3) is 0 Å². The second-order valence-corrected chi connectivity index (χ2v) is 4.28. The molecule has 0 N–H and O–H groups in total. The van der Waals surface area contributed by atoms with Gasteiger partial charge in [0, 0.05) is 4.88 Å². The molecular formula is C12H9NS. The molecule has 0 amide bonds. The summed E-state index contributed by atoms with van der Waals surface area (Å²) < 4.78 is 0. The Morgan fingerprint density at radius 1 is 1.00 bits per heavy atom. The predicted octanol–water partition coefficient (Wildman–Crippen LogP) is 3.29. The number of aliphatic imine (C=N–C) groups is 1. The van der Waals surface area contributed by atoms with E-state index in [-0.39, 0.29) is 0 Å². The third kappa shape index (κ3) is 1.28. The highest BCUT2D eigenvalue weighted by molar-refractivity contribution is 7.10. The molecule has 1 unspecified atom stereocenters. The van der Waals surface area contributed by atoms with E-state index in [1.54, 1.807) is 11.3 Å². The molecule has 0 bridgehead atoms. The van der Waals surface area contributed by atoms with E-state index in [1.807, 2.05) is 6.07 Å². The molecule has 1 atom stereocenters. The molecule has 14 heavy (non-hydrogen) atoms. The Bertz CT molecular complexity index is 456. The smallest absolute Gasteiger partial charge is 0.127 e. The maximum atomic E-state index is 4.49. The second-order valence-electron chi connectivity index (χ2n) is 3.30. The number of hydrogen-bond acceptors (Lipinski definition) is 2. The van der Waals surface area contributed by atoms with Crippen molar-refractivity contribution in [2.24, 2.45) is 4.99 Å². The van der Waals surface area contributed by atoms with Crippen molar-refractivity contribution in [2.75, 3.05) is 0 Å². The summed E-state index contributed by atoms with van der Waals surface area (Å²) >= 11 is 1.78. The molecule has 68 valence electrons. The van der Waals surface area contributed by atoms with Gasteiger partial charge < -0.3 is 0 Å². The van der Waals surface area contributed by atoms with Gasteiger partial charge in [-0.25, -0.2) is 0 Å². The summed E-state index contributed by atoms with van der Waals surface area (Å²) in [6.45, 7) is 0. The standard InChI is InChI=1S/C12H9NS/c1-2-5-9(6-3-1)11-12(13-11)10-7-4-8-14-10/h1-8,12H. The van der Waals surface area contributed by atoms with Crippen LogP contribution in [0.4, 0.5) is 0 Å². The van der Waals surface area contributed by atoms with E-state index >= 15 is 0 Å². The van der Waals surface area contributed by atoms with Crippen molar-refractivity contribution >= 4 is 17.0 Å². The van der Waals surface area contributed by atoms with Crippen molar-refractivity contribution in [2.45, 2.75) is 6.04 Å². The molecule has 0 radical (unpaired) electrons. The van der Waals surface area contributed by atoms with Gasteiger partial charge in [-0.05, 0) is 17.0 Å². The normalized spacial score (nSPS) is 19.1. The fraction of sp³-hybridized carbons (Fsp3) is 0.0833. The fourth-order valence-electron chi connectivity index (χ4n) is 1.59. The largest absolute Gasteiger partial charge is 0.271 e. The van der Waals surface area contributed by atoms with Crippen LogP contribution in [-0.4, -0.2) is 5.71 Å². The molecule has 1 aromatic carbocycles. The SMILES string of the molecule is c1ccc(C2=NC2c2cccs2)cc1. The molecule has 0 saturated carbocycles. The van der Waals surface area contributed by atoms with E-state index in [1.165, 1.54) is 16.2 Å². The Kier molecular flexibility index (Phi) is 1.74. The molecule has 0 aliphatic carbocycles. The first-order valence-electron chi connectivity index (χ1n) is 4.62. The van der Waals surface area contributed by atoms with Gasteiger partial charge in [-0.2, -0.15) is 0 Å². The maximum Gasteiger partial charge on any atom is 0.127 e. The maximum absolute atomic E-state index is 4.49. The van der Waals surface area contributed by atoms with E-state index in [4.69, 9.17) is 0 Å². The zero-order valence-electron chi connectivity index (χ0n) is 7.55. The zero-order chi connectivity index (χ0) is 9.38. The third-order valence-electron chi connectivity index (χ3n) is 2.34. The molecule has 1 aliphatic rings. The Balaban J connectivity index is 1.84. The van der Waals surface area contributed by atoms with Gasteiger partial charge in [-0.1, -0.05) is 36.4 Å². The highest BCUT2D eigenvalue weighted by Crippen LogP contribution is 2.37. The van der Waals surface area contributed by atoms with E-state index in [0.29, 0.717) is 6.04 Å². The van der Waals surface area contributed by atoms with Gasteiger partial charge in [0.1, 0.15) is 6.04 Å². The van der Waals surface area contributed by atoms with Crippen LogP contribution in [-0.2, 0) is 0 Å². The van der Waals surface area contributed by atoms with Gasteiger partial charge in [-0.3, -0.25) is 4.99 Å². The van der Waals surface area contributed by atoms with Crippen molar-refractivity contribution in [1.29, 1.82) is 0 Å². The highest BCUT2D eigenvalue weighted by atomic mass is 32.1. The molecule has 2 heteroatoms. The average Bonchev–Trinajstić information content (AvgIpc) is 2.87. The number of thiophene rings is 1. The van der Waals surface area contributed by atoms with Crippen LogP contribution >= 0.6 is 11.3 Å². The van der Waals surface area contributed by atoms with Crippen LogP contribution < -0.4 is 0 Å². The predicted molar refractivity (Wildman–Crippen MR) is 60.0 cm³/mol. The molecule has 0 fully saturated rings. The Morgan fingerprint density at radius 3 is 2.57 bits per heavy atom. The molecule has 2 aromatic rings. The summed E-state index contributed by atoms with van der Waals surface area (Å²) in [5.74, 6) is 0. The molecule has 1 aromatic heterocycles. The van der Waals surface area contributed by atoms with Crippen molar-refractivity contribution in [3.63, 3.8) is 0 Å². The molecule has 0 spiro atoms. The lowest BCUT2D eigenvalue weighted by Crippen LogP contribution is -1.90. The minimum atomic E-state index is 0.345. The van der Waals surface area contributed by atoms with Crippen molar-refractivity contribution in [1.82, 2.24) is 0 Å². The van der Waals surface area contributed by atoms with Gasteiger partial charge in [0.15, 0.2) is 0 Å². The van der Waals surface area contributed by atoms with Gasteiger partial charge >= 0.3 is 0 Å². The van der Waals surface area contributed by atoms with Crippen LogP contribution in [0.25, 0.3) is 0 Å². The van der Waals surface area contributed by atoms with Gasteiger partial charge in [-0.15, -0.1) is 11.3 Å². The highest BCUT2D eigenvalue weighted by Gasteiger charge is 2.30. The first kappa shape index (κ1) is 7.94. The zero-order valence-corrected chi connectivity index (χ0v) is 8.37. The summed E-state index contributed by atoms with van der Waals surface area (Å²) in [5, 5.41) is 2.10. The molecule has 3 rings (SSSR count). The van der Waals surface area contributed by atoms with E-state index in [9.17, 15) is 0 Å². The summed E-state index contributed by atoms with van der Waals surface area (Å²) in [4.78, 5) is 5.85. The van der Waals surface area contributed by atoms with Crippen LogP contribution in [0.15, 0.2) is 52.8 Å². The van der Waals surface area contributed by atoms with E-state index in [2.05, 4.69) is 46.8 Å². The summed E-state index contributed by atoms with van der Waals surface area (Å²) in [6.07, 6.45) is 0. The second kappa shape index (κ2) is 3.07. The van der Waals surface area contributed by atoms with Crippen molar-refractivity contribution < 1.29 is 0 Å². The minimum Gasteiger partial charge on any atom is -0.271 e. The van der Waals surface area contributed by atoms with E-state index < -0.39 is 0 Å². The Hall–Kier alpha value is -1.41. The van der Waals surface area contributed by atoms with E-state index in [0.717, 1.165) is 0 Å². The number of hydrogen-bond donors (Lipinski definition) is 0. The molecular weight excluding hydrogens is 190 g/mol. The van der Waals surface area contributed by atoms with Crippen LogP contribution in [0.1, 0.15) is 16.5 Å². The van der Waals surface area contributed by atoms with Crippen LogP contribution in [0.3, 0.4) is 0 Å². The van der Waals surface area contributed by atoms with Crippen LogP contribution in [0, 0.1) is 0 Å². The van der Waals surface area contributed by atoms with Crippen LogP contribution in [0.5, 0.6) is 0 Å². The first-order chi connectivity index (χ1) is 6.95. The molecule has 2 heterocycles. The van der Waals surface area contributed by atoms with Crippen molar-refractivity contribution in [3.05, 3.63) is 58.3 Å². The molecule has 0 saturated heterocycles. The average molecular weight is 199 g/mol. The Labute approximate surface area is 86.7 Å². The lowest BCUT2D eigenvalue weighted by atomic mass is 10.1. The van der Waals surface area contributed by atoms with Crippen molar-refractivity contribution in [3.8, 4) is 0 Å². The molecule has 1 aliphatic heterocycles. The lowest BCUT2D eigenvalue weighted by molar-refractivity contribution is 1.18. The van der Waals surface area contributed by atoms with Gasteiger partial charge in [0.05, 0.1) is 5.71 Å². The van der Waals surface area contributed by atoms with Gasteiger partial charge in [0.2, 0.25) is 0 Å². The lowest BCUT2D eigenvalue weighted by Gasteiger charge is -1.93. The molecule has 1 nitrogen and oxygen atoms in total. The summed E-state index contributed by atoms with van der Waals surface area (Å²) in [7, 11) is 0. The fourth-order valence-corrected chi connectivity index (χ4v) is 2.35. The summed E-state index contributed by atoms with van der Waals surface area (Å²) in [6, 6.07) is 15.0. The first-order valence-corrected chi connectivity index (χ1v) is 5.49. The summed E-state index contributed by atoms with van der Waals surface area (Å²) in [5.41, 5.74) is 2.49. The topological polar surface area (TPSA) is 12.4 Å². The quantitative estimate of drug-likeness (QED) is 0.703. The third-order valence-corrected chi connectivity index (χ3v) is 3.27.